The fourth-order valence-corrected chi connectivity index (χ4v) is 6.10. The van der Waals surface area contributed by atoms with Crippen LogP contribution in [0.5, 0.6) is 11.5 Å². The van der Waals surface area contributed by atoms with Gasteiger partial charge in [-0.05, 0) is 43.2 Å². The lowest BCUT2D eigenvalue weighted by Gasteiger charge is -2.34. The van der Waals surface area contributed by atoms with Crippen LogP contribution < -0.4 is 19.1 Å². The highest BCUT2D eigenvalue weighted by Gasteiger charge is 2.34. The molecule has 2 amide bonds. The summed E-state index contributed by atoms with van der Waals surface area (Å²) < 4.78 is 38.5. The summed E-state index contributed by atoms with van der Waals surface area (Å²) in [6, 6.07) is 18.0. The number of carbonyl (C=O) groups is 2. The number of hydrogen-bond donors (Lipinski definition) is 1. The Morgan fingerprint density at radius 1 is 0.952 bits per heavy atom. The van der Waals surface area contributed by atoms with Crippen molar-refractivity contribution in [2.24, 2.45) is 0 Å². The van der Waals surface area contributed by atoms with Gasteiger partial charge < -0.3 is 19.7 Å². The maximum Gasteiger partial charge on any atom is 0.244 e. The highest BCUT2D eigenvalue weighted by molar-refractivity contribution is 7.92. The van der Waals surface area contributed by atoms with Crippen molar-refractivity contribution in [3.8, 4) is 11.5 Å². The summed E-state index contributed by atoms with van der Waals surface area (Å²) in [4.78, 5) is 29.2. The van der Waals surface area contributed by atoms with Crippen LogP contribution in [0.4, 0.5) is 5.69 Å². The van der Waals surface area contributed by atoms with Crippen LogP contribution in [0.15, 0.2) is 66.7 Å². The molecule has 0 spiro atoms. The second kappa shape index (κ2) is 14.1. The number of fused-ring (bicyclic) bond motifs is 1. The van der Waals surface area contributed by atoms with E-state index in [9.17, 15) is 18.0 Å². The number of benzene rings is 3. The lowest BCUT2D eigenvalue weighted by atomic mass is 10.0. The van der Waals surface area contributed by atoms with Gasteiger partial charge in [-0.25, -0.2) is 8.42 Å². The minimum absolute atomic E-state index is 0.0126. The monoisotopic (exact) mass is 633 g/mol. The van der Waals surface area contributed by atoms with Crippen LogP contribution in [-0.4, -0.2) is 56.8 Å². The smallest absolute Gasteiger partial charge is 0.244 e. The van der Waals surface area contributed by atoms with Crippen LogP contribution in [0.25, 0.3) is 0 Å². The lowest BCUT2D eigenvalue weighted by Crippen LogP contribution is -2.53. The normalized spacial score (nSPS) is 13.0. The van der Waals surface area contributed by atoms with Crippen molar-refractivity contribution in [3.63, 3.8) is 0 Å². The van der Waals surface area contributed by atoms with Crippen LogP contribution in [0, 0.1) is 0 Å². The van der Waals surface area contributed by atoms with Crippen molar-refractivity contribution in [3.05, 3.63) is 87.9 Å². The van der Waals surface area contributed by atoms with Gasteiger partial charge in [0.1, 0.15) is 12.6 Å². The molecule has 4 rings (SSSR count). The fourth-order valence-electron chi connectivity index (χ4n) is 4.53. The molecule has 1 aliphatic rings. The second-order valence-electron chi connectivity index (χ2n) is 9.66. The predicted molar refractivity (Wildman–Crippen MR) is 164 cm³/mol. The molecule has 224 valence electrons. The lowest BCUT2D eigenvalue weighted by molar-refractivity contribution is -0.140. The Bertz CT molecular complexity index is 1500. The minimum Gasteiger partial charge on any atom is -0.454 e. The number of hydrogen-bond acceptors (Lipinski definition) is 6. The van der Waals surface area contributed by atoms with E-state index in [1.54, 1.807) is 30.3 Å². The van der Waals surface area contributed by atoms with E-state index >= 15 is 0 Å². The first kappa shape index (κ1) is 31.5. The number of rotatable bonds is 13. The molecule has 0 aliphatic carbocycles. The Hall–Kier alpha value is -3.47. The molecular weight excluding hydrogens is 601 g/mol. The van der Waals surface area contributed by atoms with Crippen LogP contribution in [-0.2, 0) is 32.6 Å². The summed E-state index contributed by atoms with van der Waals surface area (Å²) in [5, 5.41) is 3.54. The third kappa shape index (κ3) is 7.48. The molecule has 0 aromatic heterocycles. The summed E-state index contributed by atoms with van der Waals surface area (Å²) in [5.74, 6) is -0.380. The largest absolute Gasteiger partial charge is 0.454 e. The first-order valence-corrected chi connectivity index (χ1v) is 15.9. The third-order valence-corrected chi connectivity index (χ3v) is 9.28. The van der Waals surface area contributed by atoms with Gasteiger partial charge >= 0.3 is 0 Å². The quantitative estimate of drug-likeness (QED) is 0.283. The number of amides is 2. The first-order valence-electron chi connectivity index (χ1n) is 13.6. The summed E-state index contributed by atoms with van der Waals surface area (Å²) in [6.07, 6.45) is 0.884. The summed E-state index contributed by atoms with van der Waals surface area (Å²) in [5.41, 5.74) is 1.51. The van der Waals surface area contributed by atoms with Crippen LogP contribution >= 0.6 is 23.2 Å². The number of anilines is 1. The SMILES string of the molecule is CCCNC(=O)[C@@H](Cc1ccccc1)N(Cc1c(Cl)cccc1Cl)C(=O)CN(c1ccc2c(c1)OCO2)S(=O)(=O)CC. The highest BCUT2D eigenvalue weighted by Crippen LogP contribution is 2.36. The summed E-state index contributed by atoms with van der Waals surface area (Å²) in [6.45, 7) is 3.17. The predicted octanol–water partition coefficient (Wildman–Crippen LogP) is 5.04. The van der Waals surface area contributed by atoms with Crippen molar-refractivity contribution in [1.29, 1.82) is 0 Å². The number of carbonyl (C=O) groups excluding carboxylic acids is 2. The molecule has 12 heteroatoms. The van der Waals surface area contributed by atoms with E-state index in [0.717, 1.165) is 9.87 Å². The van der Waals surface area contributed by atoms with Crippen molar-refractivity contribution < 1.29 is 27.5 Å². The topological polar surface area (TPSA) is 105 Å². The molecule has 1 heterocycles. The van der Waals surface area contributed by atoms with Gasteiger partial charge in [0, 0.05) is 41.2 Å². The van der Waals surface area contributed by atoms with Crippen LogP contribution in [0.2, 0.25) is 10.0 Å². The highest BCUT2D eigenvalue weighted by atomic mass is 35.5. The number of halogens is 2. The van der Waals surface area contributed by atoms with Gasteiger partial charge in [0.2, 0.25) is 28.6 Å². The second-order valence-corrected chi connectivity index (χ2v) is 12.7. The Balaban J connectivity index is 1.77. The van der Waals surface area contributed by atoms with E-state index < -0.39 is 28.5 Å². The van der Waals surface area contributed by atoms with Gasteiger partial charge in [-0.1, -0.05) is 66.5 Å². The molecule has 0 radical (unpaired) electrons. The van der Waals surface area contributed by atoms with Gasteiger partial charge in [0.05, 0.1) is 11.4 Å². The molecule has 42 heavy (non-hydrogen) atoms. The van der Waals surface area contributed by atoms with E-state index in [-0.39, 0.29) is 37.1 Å². The zero-order valence-electron chi connectivity index (χ0n) is 23.4. The van der Waals surface area contributed by atoms with Crippen LogP contribution in [0.3, 0.4) is 0 Å². The summed E-state index contributed by atoms with van der Waals surface area (Å²) in [7, 11) is -3.93. The Kier molecular flexibility index (Phi) is 10.6. The first-order chi connectivity index (χ1) is 20.1. The molecule has 0 unspecified atom stereocenters. The van der Waals surface area contributed by atoms with E-state index in [0.29, 0.717) is 40.1 Å². The van der Waals surface area contributed by atoms with E-state index in [1.807, 2.05) is 37.3 Å². The van der Waals surface area contributed by atoms with Crippen molar-refractivity contribution in [2.45, 2.75) is 39.3 Å². The average molecular weight is 635 g/mol. The van der Waals surface area contributed by atoms with E-state index in [2.05, 4.69) is 5.32 Å². The minimum atomic E-state index is -3.93. The van der Waals surface area contributed by atoms with Crippen molar-refractivity contribution in [1.82, 2.24) is 10.2 Å². The number of sulfonamides is 1. The Labute approximate surface area is 256 Å². The van der Waals surface area contributed by atoms with Crippen molar-refractivity contribution in [2.75, 3.05) is 29.9 Å². The molecule has 1 N–H and O–H groups in total. The number of ether oxygens (including phenoxy) is 2. The Morgan fingerprint density at radius 3 is 2.31 bits per heavy atom. The number of nitrogens with zero attached hydrogens (tertiary/aromatic N) is 2. The molecular formula is C30H33Cl2N3O6S. The standard InChI is InChI=1S/C30H33Cl2N3O6S/c1-3-15-33-30(37)26(16-21-9-6-5-7-10-21)34(18-23-24(31)11-8-12-25(23)32)29(36)19-35(42(38,39)4-2)22-13-14-27-28(17-22)41-20-40-27/h5-14,17,26H,3-4,15-16,18-20H2,1-2H3,(H,33,37)/t26-/m1/s1. The maximum atomic E-state index is 14.3. The third-order valence-electron chi connectivity index (χ3n) is 6.83. The molecule has 0 bridgehead atoms. The molecule has 3 aromatic carbocycles. The molecule has 1 aliphatic heterocycles. The van der Waals surface area contributed by atoms with Crippen LogP contribution in [0.1, 0.15) is 31.4 Å². The fraction of sp³-hybridized carbons (Fsp3) is 0.333. The molecule has 1 atom stereocenters. The molecule has 3 aromatic rings. The van der Waals surface area contributed by atoms with Gasteiger partial charge in [-0.3, -0.25) is 13.9 Å². The number of nitrogens with one attached hydrogen (secondary N) is 1. The van der Waals surface area contributed by atoms with E-state index in [1.165, 1.54) is 17.9 Å². The van der Waals surface area contributed by atoms with Gasteiger partial charge in [0.15, 0.2) is 11.5 Å². The molecule has 0 saturated carbocycles. The van der Waals surface area contributed by atoms with Crippen molar-refractivity contribution >= 4 is 50.7 Å². The summed E-state index contributed by atoms with van der Waals surface area (Å²) >= 11 is 13.0. The zero-order chi connectivity index (χ0) is 30.3. The molecule has 0 fully saturated rings. The van der Waals surface area contributed by atoms with E-state index in [4.69, 9.17) is 32.7 Å². The molecule has 0 saturated heterocycles. The average Bonchev–Trinajstić information content (AvgIpc) is 3.46. The maximum absolute atomic E-state index is 14.3. The molecule has 9 nitrogen and oxygen atoms in total. The zero-order valence-corrected chi connectivity index (χ0v) is 25.7. The van der Waals surface area contributed by atoms with Gasteiger partial charge in [-0.15, -0.1) is 0 Å². The van der Waals surface area contributed by atoms with Gasteiger partial charge in [-0.2, -0.15) is 0 Å². The Morgan fingerprint density at radius 2 is 1.64 bits per heavy atom. The van der Waals surface area contributed by atoms with Gasteiger partial charge in [0.25, 0.3) is 0 Å².